The average molecular weight is 188 g/mol. The number of likely N-dealkylation sites (N-methyl/N-ethyl adjacent to an activating group) is 2. The molecule has 2 nitrogen and oxygen atoms in total. The monoisotopic (exact) mass is 188 g/mol. The third kappa shape index (κ3) is 3.33. The lowest BCUT2D eigenvalue weighted by Gasteiger charge is -2.24. The highest BCUT2D eigenvalue weighted by Crippen LogP contribution is 2.20. The lowest BCUT2D eigenvalue weighted by Crippen LogP contribution is -2.36. The van der Waals surface area contributed by atoms with Gasteiger partial charge in [0, 0.05) is 24.9 Å². The summed E-state index contributed by atoms with van der Waals surface area (Å²) in [5, 5.41) is 0. The molecule has 0 aromatic rings. The Labute approximate surface area is 80.3 Å². The summed E-state index contributed by atoms with van der Waals surface area (Å²) in [6.45, 7) is 2.38. The van der Waals surface area contributed by atoms with Gasteiger partial charge in [-0.3, -0.25) is 0 Å². The van der Waals surface area contributed by atoms with Crippen molar-refractivity contribution in [1.82, 2.24) is 9.80 Å². The largest absolute Gasteiger partial charge is 0.308 e. The number of thioether (sulfide) groups is 1. The van der Waals surface area contributed by atoms with Crippen molar-refractivity contribution >= 4 is 11.8 Å². The van der Waals surface area contributed by atoms with E-state index in [2.05, 4.69) is 42.7 Å². The molecule has 0 bridgehead atoms. The van der Waals surface area contributed by atoms with Crippen LogP contribution in [-0.2, 0) is 0 Å². The van der Waals surface area contributed by atoms with Crippen LogP contribution in [0, 0.1) is 0 Å². The van der Waals surface area contributed by atoms with E-state index in [1.54, 1.807) is 0 Å². The molecular weight excluding hydrogens is 168 g/mol. The lowest BCUT2D eigenvalue weighted by molar-refractivity contribution is 0.232. The number of hydrogen-bond donors (Lipinski definition) is 0. The maximum atomic E-state index is 2.50. The molecule has 1 rings (SSSR count). The first-order chi connectivity index (χ1) is 5.70. The predicted octanol–water partition coefficient (Wildman–Crippen LogP) is 0.985. The van der Waals surface area contributed by atoms with E-state index in [-0.39, 0.29) is 0 Å². The summed E-state index contributed by atoms with van der Waals surface area (Å²) in [4.78, 5) is 4.75. The minimum atomic E-state index is 0.843. The molecule has 1 fully saturated rings. The van der Waals surface area contributed by atoms with Gasteiger partial charge in [0.15, 0.2) is 0 Å². The molecule has 1 aliphatic heterocycles. The summed E-state index contributed by atoms with van der Waals surface area (Å²) in [7, 11) is 6.52. The molecule has 0 radical (unpaired) electrons. The van der Waals surface area contributed by atoms with Crippen LogP contribution < -0.4 is 0 Å². The second kappa shape index (κ2) is 5.10. The molecule has 0 saturated carbocycles. The topological polar surface area (TPSA) is 6.48 Å². The molecule has 3 heteroatoms. The molecule has 0 amide bonds. The maximum absolute atomic E-state index is 2.50. The lowest BCUT2D eigenvalue weighted by atomic mass is 10.2. The van der Waals surface area contributed by atoms with Crippen molar-refractivity contribution in [2.24, 2.45) is 0 Å². The van der Waals surface area contributed by atoms with Crippen LogP contribution in [0.1, 0.15) is 6.42 Å². The highest BCUT2D eigenvalue weighted by Gasteiger charge is 2.19. The van der Waals surface area contributed by atoms with Crippen LogP contribution in [0.15, 0.2) is 0 Å². The summed E-state index contributed by atoms with van der Waals surface area (Å²) >= 11 is 2.09. The molecule has 0 aliphatic carbocycles. The minimum absolute atomic E-state index is 0.843. The summed E-state index contributed by atoms with van der Waals surface area (Å²) in [6, 6.07) is 0.843. The smallest absolute Gasteiger partial charge is 0.0191 e. The van der Waals surface area contributed by atoms with E-state index in [0.717, 1.165) is 6.04 Å². The third-order valence-corrected chi connectivity index (χ3v) is 3.57. The third-order valence-electron chi connectivity index (χ3n) is 2.43. The van der Waals surface area contributed by atoms with Crippen molar-refractivity contribution in [3.63, 3.8) is 0 Å². The van der Waals surface area contributed by atoms with Gasteiger partial charge in [-0.1, -0.05) is 0 Å². The molecule has 12 heavy (non-hydrogen) atoms. The average Bonchev–Trinajstić information content (AvgIpc) is 2.51. The second-order valence-electron chi connectivity index (χ2n) is 3.80. The van der Waals surface area contributed by atoms with Gasteiger partial charge in [0.25, 0.3) is 0 Å². The Morgan fingerprint density at radius 1 is 1.25 bits per heavy atom. The van der Waals surface area contributed by atoms with Gasteiger partial charge in [-0.2, -0.15) is 11.8 Å². The first kappa shape index (κ1) is 10.4. The molecule has 0 N–H and O–H groups in total. The van der Waals surface area contributed by atoms with Crippen molar-refractivity contribution in [3.05, 3.63) is 0 Å². The van der Waals surface area contributed by atoms with Crippen molar-refractivity contribution in [1.29, 1.82) is 0 Å². The van der Waals surface area contributed by atoms with Crippen LogP contribution in [0.2, 0.25) is 0 Å². The Morgan fingerprint density at radius 2 is 2.00 bits per heavy atom. The van der Waals surface area contributed by atoms with Gasteiger partial charge < -0.3 is 9.80 Å². The molecule has 0 spiro atoms. The first-order valence-electron chi connectivity index (χ1n) is 4.63. The fourth-order valence-corrected chi connectivity index (χ4v) is 2.71. The van der Waals surface area contributed by atoms with Gasteiger partial charge in [0.2, 0.25) is 0 Å². The zero-order valence-electron chi connectivity index (χ0n) is 8.42. The molecule has 0 aromatic carbocycles. The Kier molecular flexibility index (Phi) is 4.40. The van der Waals surface area contributed by atoms with Crippen molar-refractivity contribution < 1.29 is 0 Å². The van der Waals surface area contributed by atoms with Crippen LogP contribution in [0.3, 0.4) is 0 Å². The number of nitrogens with zero attached hydrogens (tertiary/aromatic N) is 2. The van der Waals surface area contributed by atoms with Gasteiger partial charge in [-0.05, 0) is 33.3 Å². The van der Waals surface area contributed by atoms with Crippen LogP contribution in [-0.4, -0.2) is 61.6 Å². The van der Waals surface area contributed by atoms with Crippen LogP contribution >= 0.6 is 11.8 Å². The fourth-order valence-electron chi connectivity index (χ4n) is 1.41. The Morgan fingerprint density at radius 3 is 2.50 bits per heavy atom. The predicted molar refractivity (Wildman–Crippen MR) is 56.9 cm³/mol. The van der Waals surface area contributed by atoms with E-state index in [4.69, 9.17) is 0 Å². The van der Waals surface area contributed by atoms with Crippen LogP contribution in [0.25, 0.3) is 0 Å². The van der Waals surface area contributed by atoms with Gasteiger partial charge in [-0.25, -0.2) is 0 Å². The highest BCUT2D eigenvalue weighted by atomic mass is 32.2. The minimum Gasteiger partial charge on any atom is -0.308 e. The Balaban J connectivity index is 2.13. The summed E-state index contributed by atoms with van der Waals surface area (Å²) < 4.78 is 0. The Bertz CT molecular complexity index is 122. The highest BCUT2D eigenvalue weighted by molar-refractivity contribution is 7.99. The molecule has 72 valence electrons. The van der Waals surface area contributed by atoms with E-state index in [0.29, 0.717) is 0 Å². The van der Waals surface area contributed by atoms with Gasteiger partial charge >= 0.3 is 0 Å². The molecule has 1 aliphatic rings. The zero-order chi connectivity index (χ0) is 8.97. The number of hydrogen-bond acceptors (Lipinski definition) is 3. The standard InChI is InChI=1S/C9H20N2S/c1-10(2)5-6-11(3)9-4-7-12-8-9/h9H,4-8H2,1-3H3/t9-/m0/s1. The van der Waals surface area contributed by atoms with Crippen molar-refractivity contribution in [3.8, 4) is 0 Å². The van der Waals surface area contributed by atoms with E-state index >= 15 is 0 Å². The van der Waals surface area contributed by atoms with Crippen molar-refractivity contribution in [2.45, 2.75) is 12.5 Å². The maximum Gasteiger partial charge on any atom is 0.0191 e. The van der Waals surface area contributed by atoms with E-state index < -0.39 is 0 Å². The number of rotatable bonds is 4. The van der Waals surface area contributed by atoms with Gasteiger partial charge in [0.05, 0.1) is 0 Å². The Hall–Kier alpha value is 0.270. The summed E-state index contributed by atoms with van der Waals surface area (Å²) in [6.07, 6.45) is 1.38. The van der Waals surface area contributed by atoms with E-state index in [1.165, 1.54) is 31.0 Å². The first-order valence-corrected chi connectivity index (χ1v) is 5.78. The van der Waals surface area contributed by atoms with Crippen molar-refractivity contribution in [2.75, 3.05) is 45.7 Å². The molecule has 1 atom stereocenters. The SMILES string of the molecule is CN(C)CCN(C)[C@H]1CCSC1. The van der Waals surface area contributed by atoms with E-state index in [1.807, 2.05) is 0 Å². The molecular formula is C9H20N2S. The molecule has 0 unspecified atom stereocenters. The van der Waals surface area contributed by atoms with Crippen LogP contribution in [0.5, 0.6) is 0 Å². The second-order valence-corrected chi connectivity index (χ2v) is 4.95. The fraction of sp³-hybridized carbons (Fsp3) is 1.00. The summed E-state index contributed by atoms with van der Waals surface area (Å²) in [5.74, 6) is 2.70. The quantitative estimate of drug-likeness (QED) is 0.649. The summed E-state index contributed by atoms with van der Waals surface area (Å²) in [5.41, 5.74) is 0. The van der Waals surface area contributed by atoms with Crippen LogP contribution in [0.4, 0.5) is 0 Å². The molecule has 1 saturated heterocycles. The molecule has 1 heterocycles. The van der Waals surface area contributed by atoms with Gasteiger partial charge in [0.1, 0.15) is 0 Å². The normalized spacial score (nSPS) is 24.2. The van der Waals surface area contributed by atoms with Gasteiger partial charge in [-0.15, -0.1) is 0 Å². The molecule has 0 aromatic heterocycles. The zero-order valence-corrected chi connectivity index (χ0v) is 9.23. The van der Waals surface area contributed by atoms with E-state index in [9.17, 15) is 0 Å².